The van der Waals surface area contributed by atoms with Gasteiger partial charge in [-0.1, -0.05) is 86.2 Å². The van der Waals surface area contributed by atoms with Crippen LogP contribution in [0.15, 0.2) is 66.8 Å². The Hall–Kier alpha value is -2.08. The molecular weight excluding hydrogens is 252 g/mol. The van der Waals surface area contributed by atoms with E-state index >= 15 is 0 Å². The van der Waals surface area contributed by atoms with Crippen LogP contribution in [0.4, 0.5) is 0 Å². The molecule has 0 fully saturated rings. The maximum Gasteiger partial charge on any atom is -0.0184 e. The lowest BCUT2D eigenvalue weighted by Crippen LogP contribution is -1.83. The van der Waals surface area contributed by atoms with Crippen molar-refractivity contribution < 1.29 is 0 Å². The molecule has 0 saturated carbocycles. The summed E-state index contributed by atoms with van der Waals surface area (Å²) in [4.78, 5) is 0. The highest BCUT2D eigenvalue weighted by Gasteiger charge is 1.99. The molecule has 0 amide bonds. The van der Waals surface area contributed by atoms with Gasteiger partial charge in [0.25, 0.3) is 0 Å². The molecule has 0 aliphatic heterocycles. The lowest BCUT2D eigenvalue weighted by atomic mass is 9.99. The predicted octanol–water partition coefficient (Wildman–Crippen LogP) is 6.67. The SMILES string of the molecule is C/C=C\C(=C/C)c1ccc(-c2ccc(C)cc2)cc1.CC. The Morgan fingerprint density at radius 2 is 1.24 bits per heavy atom. The zero-order valence-corrected chi connectivity index (χ0v) is 13.9. The number of benzene rings is 2. The monoisotopic (exact) mass is 278 g/mol. The quantitative estimate of drug-likeness (QED) is 0.550. The fourth-order valence-corrected chi connectivity index (χ4v) is 2.14. The van der Waals surface area contributed by atoms with Crippen LogP contribution in [0, 0.1) is 6.92 Å². The van der Waals surface area contributed by atoms with Gasteiger partial charge in [-0.3, -0.25) is 0 Å². The van der Waals surface area contributed by atoms with Gasteiger partial charge < -0.3 is 0 Å². The van der Waals surface area contributed by atoms with Gasteiger partial charge in [-0.05, 0) is 43.0 Å². The second kappa shape index (κ2) is 8.97. The van der Waals surface area contributed by atoms with Crippen molar-refractivity contribution in [3.05, 3.63) is 77.9 Å². The van der Waals surface area contributed by atoms with Crippen LogP contribution in [0.25, 0.3) is 16.7 Å². The van der Waals surface area contributed by atoms with E-state index < -0.39 is 0 Å². The normalized spacial score (nSPS) is 11.2. The maximum absolute atomic E-state index is 2.19. The third kappa shape index (κ3) is 4.75. The smallest absolute Gasteiger partial charge is 0.0184 e. The van der Waals surface area contributed by atoms with Gasteiger partial charge in [0.2, 0.25) is 0 Å². The predicted molar refractivity (Wildman–Crippen MR) is 96.4 cm³/mol. The van der Waals surface area contributed by atoms with Crippen LogP contribution in [0.5, 0.6) is 0 Å². The first-order valence-electron chi connectivity index (χ1n) is 7.71. The van der Waals surface area contributed by atoms with E-state index in [1.165, 1.54) is 27.8 Å². The van der Waals surface area contributed by atoms with Crippen molar-refractivity contribution in [2.45, 2.75) is 34.6 Å². The number of rotatable bonds is 3. The fraction of sp³-hybridized carbons (Fsp3) is 0.238. The summed E-state index contributed by atoms with van der Waals surface area (Å²) in [5.41, 5.74) is 6.35. The van der Waals surface area contributed by atoms with Crippen molar-refractivity contribution in [1.29, 1.82) is 0 Å². The Labute approximate surface area is 129 Å². The molecule has 0 N–H and O–H groups in total. The van der Waals surface area contributed by atoms with E-state index in [0.29, 0.717) is 0 Å². The Bertz CT molecular complexity index is 581. The molecule has 0 heterocycles. The fourth-order valence-electron chi connectivity index (χ4n) is 2.14. The minimum Gasteiger partial charge on any atom is -0.0871 e. The van der Waals surface area contributed by atoms with Crippen LogP contribution < -0.4 is 0 Å². The van der Waals surface area contributed by atoms with E-state index in [1.54, 1.807) is 0 Å². The van der Waals surface area contributed by atoms with E-state index in [-0.39, 0.29) is 0 Å². The average Bonchev–Trinajstić information content (AvgIpc) is 2.55. The minimum absolute atomic E-state index is 1.26. The van der Waals surface area contributed by atoms with E-state index in [0.717, 1.165) is 0 Å². The van der Waals surface area contributed by atoms with Gasteiger partial charge in [0.15, 0.2) is 0 Å². The van der Waals surface area contributed by atoms with Crippen LogP contribution >= 0.6 is 0 Å². The third-order valence-corrected chi connectivity index (χ3v) is 3.26. The summed E-state index contributed by atoms with van der Waals surface area (Å²) in [5, 5.41) is 0. The number of allylic oxidation sites excluding steroid dienone is 4. The number of hydrogen-bond donors (Lipinski definition) is 0. The molecule has 0 radical (unpaired) electrons. The highest BCUT2D eigenvalue weighted by molar-refractivity contribution is 5.75. The Morgan fingerprint density at radius 3 is 1.67 bits per heavy atom. The minimum atomic E-state index is 1.26. The Morgan fingerprint density at radius 1 is 0.762 bits per heavy atom. The van der Waals surface area contributed by atoms with Gasteiger partial charge in [0, 0.05) is 0 Å². The van der Waals surface area contributed by atoms with E-state index in [9.17, 15) is 0 Å². The molecule has 0 aliphatic carbocycles. The summed E-state index contributed by atoms with van der Waals surface area (Å²) in [5.74, 6) is 0. The van der Waals surface area contributed by atoms with E-state index in [4.69, 9.17) is 0 Å². The van der Waals surface area contributed by atoms with Gasteiger partial charge >= 0.3 is 0 Å². The Kier molecular flexibility index (Phi) is 7.25. The van der Waals surface area contributed by atoms with Gasteiger partial charge in [-0.15, -0.1) is 0 Å². The van der Waals surface area contributed by atoms with Gasteiger partial charge in [-0.25, -0.2) is 0 Å². The summed E-state index contributed by atoms with van der Waals surface area (Å²) >= 11 is 0. The summed E-state index contributed by atoms with van der Waals surface area (Å²) in [7, 11) is 0. The average molecular weight is 278 g/mol. The molecule has 0 atom stereocenters. The molecule has 0 heteroatoms. The number of aryl methyl sites for hydroxylation is 1. The van der Waals surface area contributed by atoms with Gasteiger partial charge in [-0.2, -0.15) is 0 Å². The second-order valence-electron chi connectivity index (χ2n) is 4.69. The van der Waals surface area contributed by atoms with Crippen molar-refractivity contribution in [3.8, 4) is 11.1 Å². The van der Waals surface area contributed by atoms with Crippen molar-refractivity contribution in [2.75, 3.05) is 0 Å². The molecule has 110 valence electrons. The van der Waals surface area contributed by atoms with Gasteiger partial charge in [0.05, 0.1) is 0 Å². The molecule has 2 aromatic carbocycles. The van der Waals surface area contributed by atoms with Crippen molar-refractivity contribution >= 4 is 5.57 Å². The third-order valence-electron chi connectivity index (χ3n) is 3.26. The molecule has 21 heavy (non-hydrogen) atoms. The Balaban J connectivity index is 0.00000106. The molecule has 0 nitrogen and oxygen atoms in total. The lowest BCUT2D eigenvalue weighted by molar-refractivity contribution is 1.47. The molecular formula is C21H26. The van der Waals surface area contributed by atoms with E-state index in [2.05, 4.69) is 80.6 Å². The molecule has 0 bridgehead atoms. The van der Waals surface area contributed by atoms with Crippen LogP contribution in [-0.2, 0) is 0 Å². The standard InChI is InChI=1S/C19H20.C2H6/c1-4-6-16(5-2)17-11-13-19(14-12-17)18-9-7-15(3)8-10-18;1-2/h4-14H,1-3H3;1-2H3/b6-4-,16-5+;. The zero-order valence-electron chi connectivity index (χ0n) is 13.9. The van der Waals surface area contributed by atoms with Crippen molar-refractivity contribution in [3.63, 3.8) is 0 Å². The molecule has 0 unspecified atom stereocenters. The molecule has 0 aliphatic rings. The molecule has 0 spiro atoms. The molecule has 0 aromatic heterocycles. The first-order chi connectivity index (χ1) is 10.2. The maximum atomic E-state index is 2.19. The largest absolute Gasteiger partial charge is 0.0871 e. The summed E-state index contributed by atoms with van der Waals surface area (Å²) in [6.07, 6.45) is 6.35. The van der Waals surface area contributed by atoms with Crippen LogP contribution in [0.1, 0.15) is 38.8 Å². The van der Waals surface area contributed by atoms with Crippen molar-refractivity contribution in [2.24, 2.45) is 0 Å². The summed E-state index contributed by atoms with van der Waals surface area (Å²) in [6.45, 7) is 10.2. The summed E-state index contributed by atoms with van der Waals surface area (Å²) in [6, 6.07) is 17.4. The molecule has 2 rings (SSSR count). The molecule has 0 saturated heterocycles. The highest BCUT2D eigenvalue weighted by atomic mass is 14.0. The number of hydrogen-bond acceptors (Lipinski definition) is 0. The first kappa shape index (κ1) is 17.0. The van der Waals surface area contributed by atoms with Crippen molar-refractivity contribution in [1.82, 2.24) is 0 Å². The van der Waals surface area contributed by atoms with Crippen LogP contribution in [-0.4, -0.2) is 0 Å². The molecule has 2 aromatic rings. The zero-order chi connectivity index (χ0) is 15.7. The van der Waals surface area contributed by atoms with Crippen LogP contribution in [0.2, 0.25) is 0 Å². The topological polar surface area (TPSA) is 0 Å². The summed E-state index contributed by atoms with van der Waals surface area (Å²) < 4.78 is 0. The van der Waals surface area contributed by atoms with Gasteiger partial charge in [0.1, 0.15) is 0 Å². The second-order valence-corrected chi connectivity index (χ2v) is 4.69. The van der Waals surface area contributed by atoms with Crippen LogP contribution in [0.3, 0.4) is 0 Å². The lowest BCUT2D eigenvalue weighted by Gasteiger charge is -2.06. The van der Waals surface area contributed by atoms with E-state index in [1.807, 2.05) is 20.8 Å². The first-order valence-corrected chi connectivity index (χ1v) is 7.71. The highest BCUT2D eigenvalue weighted by Crippen LogP contribution is 2.23.